The molecule has 0 fully saturated rings. The van der Waals surface area contributed by atoms with Crippen LogP contribution in [0.1, 0.15) is 11.1 Å². The van der Waals surface area contributed by atoms with Gasteiger partial charge in [0.1, 0.15) is 0 Å². The number of fused-ring (bicyclic) bond motifs is 1. The fraction of sp³-hybridized carbons (Fsp3) is 0.267. The first kappa shape index (κ1) is 13.4. The minimum atomic E-state index is 0.297. The van der Waals surface area contributed by atoms with E-state index in [9.17, 15) is 0 Å². The minimum Gasteiger partial charge on any atom is -0.373 e. The van der Waals surface area contributed by atoms with E-state index in [4.69, 9.17) is 5.73 Å². The Labute approximate surface area is 123 Å². The molecule has 2 N–H and O–H groups in total. The number of nitrogen functional groups attached to an aromatic ring is 1. The molecular weight excluding hydrogens is 264 g/mol. The second-order valence-corrected chi connectivity index (χ2v) is 5.14. The summed E-state index contributed by atoms with van der Waals surface area (Å²) >= 11 is 0. The van der Waals surface area contributed by atoms with Crippen molar-refractivity contribution in [3.05, 3.63) is 47.9 Å². The number of rotatable bonds is 4. The van der Waals surface area contributed by atoms with E-state index in [-0.39, 0.29) is 0 Å². The molecule has 0 saturated carbocycles. The quantitative estimate of drug-likeness (QED) is 0.788. The van der Waals surface area contributed by atoms with E-state index in [0.717, 1.165) is 29.9 Å². The maximum atomic E-state index is 5.64. The third-order valence-electron chi connectivity index (χ3n) is 3.56. The van der Waals surface area contributed by atoms with Crippen LogP contribution in [0.15, 0.2) is 36.8 Å². The van der Waals surface area contributed by atoms with E-state index < -0.39 is 0 Å². The monoisotopic (exact) mass is 282 g/mol. The molecule has 0 aliphatic rings. The van der Waals surface area contributed by atoms with Crippen LogP contribution in [-0.2, 0) is 6.42 Å². The van der Waals surface area contributed by atoms with Gasteiger partial charge in [-0.15, -0.1) is 5.10 Å². The number of nitrogens with two attached hydrogens (primary N) is 1. The Hall–Kier alpha value is -2.63. The maximum absolute atomic E-state index is 5.64. The molecule has 0 aliphatic heterocycles. The Morgan fingerprint density at radius 3 is 2.81 bits per heavy atom. The van der Waals surface area contributed by atoms with Crippen molar-refractivity contribution in [2.45, 2.75) is 13.3 Å². The number of anilines is 2. The van der Waals surface area contributed by atoms with Crippen LogP contribution in [0.2, 0.25) is 0 Å². The van der Waals surface area contributed by atoms with Gasteiger partial charge < -0.3 is 10.6 Å². The van der Waals surface area contributed by atoms with Crippen LogP contribution >= 0.6 is 0 Å². The Kier molecular flexibility index (Phi) is 3.43. The van der Waals surface area contributed by atoms with Crippen molar-refractivity contribution in [2.24, 2.45) is 0 Å². The predicted octanol–water partition coefficient (Wildman–Crippen LogP) is 1.69. The molecule has 3 heterocycles. The summed E-state index contributed by atoms with van der Waals surface area (Å²) in [7, 11) is 2.08. The molecule has 21 heavy (non-hydrogen) atoms. The molecule has 0 unspecified atom stereocenters. The first-order valence-corrected chi connectivity index (χ1v) is 6.86. The lowest BCUT2D eigenvalue weighted by atomic mass is 10.1. The third kappa shape index (κ3) is 2.79. The zero-order valence-corrected chi connectivity index (χ0v) is 12.2. The molecular formula is C15H18N6. The van der Waals surface area contributed by atoms with Gasteiger partial charge in [0.05, 0.1) is 11.9 Å². The highest BCUT2D eigenvalue weighted by Gasteiger charge is 2.09. The Morgan fingerprint density at radius 2 is 2.05 bits per heavy atom. The van der Waals surface area contributed by atoms with Gasteiger partial charge in [-0.25, -0.2) is 4.52 Å². The standard InChI is InChI=1S/C15H18N6/c1-11-9-14-18-15(16)19-21(14)10-13(11)20(2)8-5-12-3-6-17-7-4-12/h3-4,6-7,9-10H,5,8H2,1-2H3,(H2,16,19). The molecule has 0 atom stereocenters. The molecule has 0 bridgehead atoms. The SMILES string of the molecule is Cc1cc2nc(N)nn2cc1N(C)CCc1ccncc1. The smallest absolute Gasteiger partial charge is 0.240 e. The number of nitrogens with zero attached hydrogens (tertiary/aromatic N) is 5. The highest BCUT2D eigenvalue weighted by molar-refractivity contribution is 5.58. The zero-order valence-electron chi connectivity index (χ0n) is 12.2. The molecule has 108 valence electrons. The lowest BCUT2D eigenvalue weighted by Crippen LogP contribution is -2.21. The molecule has 0 saturated heterocycles. The molecule has 0 spiro atoms. The molecule has 3 aromatic heterocycles. The lowest BCUT2D eigenvalue weighted by Gasteiger charge is -2.21. The Morgan fingerprint density at radius 1 is 1.29 bits per heavy atom. The van der Waals surface area contributed by atoms with Gasteiger partial charge in [0.25, 0.3) is 0 Å². The van der Waals surface area contributed by atoms with E-state index in [1.54, 1.807) is 4.52 Å². The largest absolute Gasteiger partial charge is 0.373 e. The summed E-state index contributed by atoms with van der Waals surface area (Å²) in [4.78, 5) is 10.4. The topological polar surface area (TPSA) is 72.3 Å². The second kappa shape index (κ2) is 5.40. The summed E-state index contributed by atoms with van der Waals surface area (Å²) in [6.07, 6.45) is 6.59. The fourth-order valence-electron chi connectivity index (χ4n) is 2.40. The summed E-state index contributed by atoms with van der Waals surface area (Å²) in [5.74, 6) is 0.297. The normalized spacial score (nSPS) is 11.0. The Balaban J connectivity index is 1.80. The first-order chi connectivity index (χ1) is 10.1. The van der Waals surface area contributed by atoms with Gasteiger partial charge in [-0.3, -0.25) is 4.98 Å². The molecule has 0 amide bonds. The number of aromatic nitrogens is 4. The highest BCUT2D eigenvalue weighted by atomic mass is 15.3. The first-order valence-electron chi connectivity index (χ1n) is 6.86. The summed E-state index contributed by atoms with van der Waals surface area (Å²) in [5, 5.41) is 4.16. The van der Waals surface area contributed by atoms with Crippen molar-refractivity contribution in [3.8, 4) is 0 Å². The summed E-state index contributed by atoms with van der Waals surface area (Å²) in [6.45, 7) is 2.99. The van der Waals surface area contributed by atoms with Gasteiger partial charge in [0.2, 0.25) is 5.95 Å². The van der Waals surface area contributed by atoms with Crippen molar-refractivity contribution < 1.29 is 0 Å². The van der Waals surface area contributed by atoms with Gasteiger partial charge in [0.15, 0.2) is 5.65 Å². The van der Waals surface area contributed by atoms with Gasteiger partial charge in [0, 0.05) is 26.0 Å². The van der Waals surface area contributed by atoms with Crippen molar-refractivity contribution in [1.29, 1.82) is 0 Å². The second-order valence-electron chi connectivity index (χ2n) is 5.14. The predicted molar refractivity (Wildman–Crippen MR) is 83.3 cm³/mol. The molecule has 0 radical (unpaired) electrons. The van der Waals surface area contributed by atoms with Gasteiger partial charge in [-0.2, -0.15) is 4.98 Å². The number of pyridine rings is 2. The van der Waals surface area contributed by atoms with Crippen LogP contribution in [-0.4, -0.2) is 33.2 Å². The molecule has 3 rings (SSSR count). The summed E-state index contributed by atoms with van der Waals surface area (Å²) in [6, 6.07) is 6.09. The highest BCUT2D eigenvalue weighted by Crippen LogP contribution is 2.20. The van der Waals surface area contributed by atoms with E-state index in [1.807, 2.05) is 36.8 Å². The van der Waals surface area contributed by atoms with Crippen LogP contribution in [0, 0.1) is 6.92 Å². The van der Waals surface area contributed by atoms with Crippen LogP contribution in [0.25, 0.3) is 5.65 Å². The lowest BCUT2D eigenvalue weighted by molar-refractivity contribution is 0.857. The fourth-order valence-corrected chi connectivity index (χ4v) is 2.40. The van der Waals surface area contributed by atoms with E-state index in [0.29, 0.717) is 5.95 Å². The van der Waals surface area contributed by atoms with E-state index in [1.165, 1.54) is 5.56 Å². The zero-order chi connectivity index (χ0) is 14.8. The third-order valence-corrected chi connectivity index (χ3v) is 3.56. The average Bonchev–Trinajstić information content (AvgIpc) is 2.84. The number of hydrogen-bond acceptors (Lipinski definition) is 5. The van der Waals surface area contributed by atoms with Crippen LogP contribution in [0.5, 0.6) is 0 Å². The molecule has 0 aromatic carbocycles. The number of likely N-dealkylation sites (N-methyl/N-ethyl adjacent to an activating group) is 1. The summed E-state index contributed by atoms with van der Waals surface area (Å²) < 4.78 is 1.72. The summed E-state index contributed by atoms with van der Waals surface area (Å²) in [5.41, 5.74) is 9.98. The molecule has 0 aliphatic carbocycles. The number of aryl methyl sites for hydroxylation is 1. The van der Waals surface area contributed by atoms with Crippen molar-refractivity contribution >= 4 is 17.3 Å². The van der Waals surface area contributed by atoms with E-state index >= 15 is 0 Å². The van der Waals surface area contributed by atoms with E-state index in [2.05, 4.69) is 33.9 Å². The average molecular weight is 282 g/mol. The molecule has 3 aromatic rings. The van der Waals surface area contributed by atoms with Gasteiger partial charge >= 0.3 is 0 Å². The molecule has 6 nitrogen and oxygen atoms in total. The Bertz CT molecular complexity index is 749. The van der Waals surface area contributed by atoms with Crippen LogP contribution < -0.4 is 10.6 Å². The van der Waals surface area contributed by atoms with Crippen molar-refractivity contribution in [1.82, 2.24) is 19.6 Å². The van der Waals surface area contributed by atoms with Gasteiger partial charge in [-0.05, 0) is 42.7 Å². The van der Waals surface area contributed by atoms with Gasteiger partial charge in [-0.1, -0.05) is 0 Å². The van der Waals surface area contributed by atoms with Crippen LogP contribution in [0.3, 0.4) is 0 Å². The number of hydrogen-bond donors (Lipinski definition) is 1. The maximum Gasteiger partial charge on any atom is 0.240 e. The molecule has 6 heteroatoms. The minimum absolute atomic E-state index is 0.297. The van der Waals surface area contributed by atoms with Crippen molar-refractivity contribution in [3.63, 3.8) is 0 Å². The van der Waals surface area contributed by atoms with Crippen molar-refractivity contribution in [2.75, 3.05) is 24.2 Å². The van der Waals surface area contributed by atoms with Crippen LogP contribution in [0.4, 0.5) is 11.6 Å².